The Morgan fingerprint density at radius 2 is 2.11 bits per heavy atom. The van der Waals surface area contributed by atoms with Gasteiger partial charge in [-0.2, -0.15) is 0 Å². The van der Waals surface area contributed by atoms with E-state index in [4.69, 9.17) is 4.74 Å². The summed E-state index contributed by atoms with van der Waals surface area (Å²) in [5.41, 5.74) is 1.23. The van der Waals surface area contributed by atoms with Gasteiger partial charge in [-0.3, -0.25) is 0 Å². The highest BCUT2D eigenvalue weighted by Gasteiger charge is 2.11. The lowest BCUT2D eigenvalue weighted by Gasteiger charge is -2.15. The number of halogens is 1. The smallest absolute Gasteiger partial charge is 0.123 e. The van der Waals surface area contributed by atoms with Crippen molar-refractivity contribution in [1.82, 2.24) is 5.32 Å². The van der Waals surface area contributed by atoms with Crippen LogP contribution in [0.1, 0.15) is 31.7 Å². The molecule has 98 valence electrons. The zero-order valence-electron chi connectivity index (χ0n) is 10.8. The van der Waals surface area contributed by atoms with Gasteiger partial charge in [0.1, 0.15) is 5.75 Å². The lowest BCUT2D eigenvalue weighted by atomic mass is 10.1. The minimum absolute atomic E-state index is 0.586. The van der Waals surface area contributed by atoms with Crippen LogP contribution in [0.4, 0.5) is 0 Å². The van der Waals surface area contributed by atoms with E-state index in [0.29, 0.717) is 6.04 Å². The molecule has 0 heterocycles. The van der Waals surface area contributed by atoms with Crippen molar-refractivity contribution < 1.29 is 4.74 Å². The summed E-state index contributed by atoms with van der Waals surface area (Å²) in [6, 6.07) is 6.80. The Morgan fingerprint density at radius 1 is 1.33 bits per heavy atom. The molecule has 0 saturated heterocycles. The number of hydrogen-bond donors (Lipinski definition) is 1. The average molecular weight is 310 g/mol. The molecule has 0 fully saturated rings. The van der Waals surface area contributed by atoms with Crippen LogP contribution in [0.15, 0.2) is 34.8 Å². The molecule has 1 aromatic rings. The van der Waals surface area contributed by atoms with Crippen LogP contribution in [0.25, 0.3) is 0 Å². The van der Waals surface area contributed by atoms with Gasteiger partial charge in [-0.05, 0) is 37.5 Å². The molecule has 0 atom stereocenters. The van der Waals surface area contributed by atoms with Crippen LogP contribution in [0.5, 0.6) is 5.75 Å². The van der Waals surface area contributed by atoms with Gasteiger partial charge in [0.15, 0.2) is 0 Å². The molecule has 2 nitrogen and oxygen atoms in total. The Labute approximate surface area is 118 Å². The van der Waals surface area contributed by atoms with Crippen LogP contribution in [0.3, 0.4) is 0 Å². The van der Waals surface area contributed by atoms with Crippen LogP contribution >= 0.6 is 15.9 Å². The first-order chi connectivity index (χ1) is 8.79. The maximum Gasteiger partial charge on any atom is 0.123 e. The highest BCUT2D eigenvalue weighted by atomic mass is 79.9. The summed E-state index contributed by atoms with van der Waals surface area (Å²) >= 11 is 3.52. The first kappa shape index (κ1) is 13.6. The third-order valence-electron chi connectivity index (χ3n) is 3.07. The summed E-state index contributed by atoms with van der Waals surface area (Å²) in [5, 5.41) is 3.58. The molecule has 1 aromatic carbocycles. The van der Waals surface area contributed by atoms with Crippen LogP contribution < -0.4 is 10.1 Å². The summed E-state index contributed by atoms with van der Waals surface area (Å²) < 4.78 is 6.88. The predicted molar refractivity (Wildman–Crippen MR) is 78.9 cm³/mol. The first-order valence-corrected chi connectivity index (χ1v) is 7.38. The molecule has 0 radical (unpaired) electrons. The zero-order valence-corrected chi connectivity index (χ0v) is 12.4. The van der Waals surface area contributed by atoms with E-state index in [1.165, 1.54) is 5.56 Å². The van der Waals surface area contributed by atoms with Crippen molar-refractivity contribution in [3.05, 3.63) is 40.4 Å². The van der Waals surface area contributed by atoms with Gasteiger partial charge < -0.3 is 10.1 Å². The Bertz CT molecular complexity index is 409. The zero-order chi connectivity index (χ0) is 12.8. The lowest BCUT2D eigenvalue weighted by Crippen LogP contribution is -2.25. The molecule has 0 spiro atoms. The van der Waals surface area contributed by atoms with Crippen LogP contribution in [0, 0.1) is 0 Å². The van der Waals surface area contributed by atoms with Crippen molar-refractivity contribution in [1.29, 1.82) is 0 Å². The highest BCUT2D eigenvalue weighted by molar-refractivity contribution is 9.10. The van der Waals surface area contributed by atoms with Gasteiger partial charge in [0.2, 0.25) is 0 Å². The number of ether oxygens (including phenoxy) is 1. The van der Waals surface area contributed by atoms with Gasteiger partial charge in [0.05, 0.1) is 6.61 Å². The van der Waals surface area contributed by atoms with Crippen LogP contribution in [-0.2, 0) is 6.54 Å². The Kier molecular flexibility index (Phi) is 5.26. The first-order valence-electron chi connectivity index (χ1n) is 6.59. The summed E-state index contributed by atoms with van der Waals surface area (Å²) in [5.74, 6) is 0.999. The molecule has 0 amide bonds. The maximum atomic E-state index is 5.78. The normalized spacial score (nSPS) is 15.2. The molecular formula is C15H20BrNO. The van der Waals surface area contributed by atoms with E-state index in [9.17, 15) is 0 Å². The third kappa shape index (κ3) is 3.85. The van der Waals surface area contributed by atoms with Gasteiger partial charge in [-0.25, -0.2) is 0 Å². The molecule has 0 unspecified atom stereocenters. The minimum Gasteiger partial charge on any atom is -0.493 e. The quantitative estimate of drug-likeness (QED) is 0.801. The number of benzene rings is 1. The second-order valence-corrected chi connectivity index (χ2v) is 5.54. The monoisotopic (exact) mass is 309 g/mol. The van der Waals surface area contributed by atoms with E-state index in [2.05, 4.69) is 46.4 Å². The van der Waals surface area contributed by atoms with Gasteiger partial charge in [0, 0.05) is 22.6 Å². The van der Waals surface area contributed by atoms with E-state index in [1.54, 1.807) is 0 Å². The fraction of sp³-hybridized carbons (Fsp3) is 0.467. The molecule has 1 aliphatic carbocycles. The van der Waals surface area contributed by atoms with Gasteiger partial charge >= 0.3 is 0 Å². The SMILES string of the molecule is CCCOc1ccc(Br)cc1CNC1CC=CC1. The van der Waals surface area contributed by atoms with Crippen LogP contribution in [-0.4, -0.2) is 12.6 Å². The number of rotatable bonds is 6. The average Bonchev–Trinajstić information content (AvgIpc) is 2.88. The van der Waals surface area contributed by atoms with E-state index < -0.39 is 0 Å². The Balaban J connectivity index is 1.97. The number of hydrogen-bond acceptors (Lipinski definition) is 2. The molecule has 1 N–H and O–H groups in total. The van der Waals surface area contributed by atoms with Crippen molar-refractivity contribution in [3.63, 3.8) is 0 Å². The summed E-state index contributed by atoms with van der Waals surface area (Å²) in [7, 11) is 0. The number of nitrogens with one attached hydrogen (secondary N) is 1. The van der Waals surface area contributed by atoms with Crippen molar-refractivity contribution in [3.8, 4) is 5.75 Å². The summed E-state index contributed by atoms with van der Waals surface area (Å²) in [4.78, 5) is 0. The predicted octanol–water partition coefficient (Wildman–Crippen LogP) is 4.05. The molecule has 3 heteroatoms. The lowest BCUT2D eigenvalue weighted by molar-refractivity contribution is 0.312. The van der Waals surface area contributed by atoms with Crippen molar-refractivity contribution in [2.24, 2.45) is 0 Å². The molecular weight excluding hydrogens is 290 g/mol. The van der Waals surface area contributed by atoms with Gasteiger partial charge in [0.25, 0.3) is 0 Å². The van der Waals surface area contributed by atoms with Gasteiger partial charge in [-0.15, -0.1) is 0 Å². The summed E-state index contributed by atoms with van der Waals surface area (Å²) in [6.45, 7) is 3.77. The molecule has 1 aliphatic rings. The minimum atomic E-state index is 0.586. The largest absolute Gasteiger partial charge is 0.493 e. The van der Waals surface area contributed by atoms with E-state index in [-0.39, 0.29) is 0 Å². The van der Waals surface area contributed by atoms with E-state index in [1.807, 2.05) is 12.1 Å². The van der Waals surface area contributed by atoms with Crippen LogP contribution in [0.2, 0.25) is 0 Å². The molecule has 0 saturated carbocycles. The summed E-state index contributed by atoms with van der Waals surface area (Å²) in [6.07, 6.45) is 7.80. The standard InChI is InChI=1S/C15H20BrNO/c1-2-9-18-15-8-7-13(16)10-12(15)11-17-14-5-3-4-6-14/h3-4,7-8,10,14,17H,2,5-6,9,11H2,1H3. The highest BCUT2D eigenvalue weighted by Crippen LogP contribution is 2.24. The van der Waals surface area contributed by atoms with Crippen molar-refractivity contribution >= 4 is 15.9 Å². The molecule has 0 aromatic heterocycles. The Morgan fingerprint density at radius 3 is 2.83 bits per heavy atom. The van der Waals surface area contributed by atoms with E-state index >= 15 is 0 Å². The second kappa shape index (κ2) is 6.95. The second-order valence-electron chi connectivity index (χ2n) is 4.62. The molecule has 0 aliphatic heterocycles. The van der Waals surface area contributed by atoms with Gasteiger partial charge in [-0.1, -0.05) is 35.0 Å². The van der Waals surface area contributed by atoms with Crippen molar-refractivity contribution in [2.45, 2.75) is 38.8 Å². The molecule has 0 bridgehead atoms. The fourth-order valence-electron chi connectivity index (χ4n) is 2.08. The van der Waals surface area contributed by atoms with E-state index in [0.717, 1.165) is 42.6 Å². The Hall–Kier alpha value is -0.800. The maximum absolute atomic E-state index is 5.78. The topological polar surface area (TPSA) is 21.3 Å². The molecule has 18 heavy (non-hydrogen) atoms. The van der Waals surface area contributed by atoms with Crippen molar-refractivity contribution in [2.75, 3.05) is 6.61 Å². The third-order valence-corrected chi connectivity index (χ3v) is 3.57. The fourth-order valence-corrected chi connectivity index (χ4v) is 2.49. The molecule has 2 rings (SSSR count).